The number of ether oxygens (including phenoxy) is 1. The zero-order valence-electron chi connectivity index (χ0n) is 10.7. The molecule has 5 nitrogen and oxygen atoms in total. The third kappa shape index (κ3) is 2.73. The molecule has 2 amide bonds. The van der Waals surface area contributed by atoms with Crippen LogP contribution >= 0.6 is 0 Å². The minimum absolute atomic E-state index is 0.00588. The van der Waals surface area contributed by atoms with Gasteiger partial charge >= 0.3 is 6.03 Å². The predicted octanol–water partition coefficient (Wildman–Crippen LogP) is 1.11. The van der Waals surface area contributed by atoms with Crippen molar-refractivity contribution in [1.82, 2.24) is 10.2 Å². The molecule has 0 aliphatic carbocycles. The third-order valence-electron chi connectivity index (χ3n) is 2.99. The molecule has 1 saturated heterocycles. The summed E-state index contributed by atoms with van der Waals surface area (Å²) in [6.07, 6.45) is 0. The van der Waals surface area contributed by atoms with E-state index in [4.69, 9.17) is 10.5 Å². The Balaban J connectivity index is 2.09. The first-order valence-corrected chi connectivity index (χ1v) is 6.05. The third-order valence-corrected chi connectivity index (χ3v) is 2.99. The van der Waals surface area contributed by atoms with E-state index < -0.39 is 0 Å². The number of rotatable bonds is 4. The lowest BCUT2D eigenvalue weighted by molar-refractivity contribution is 0.215. The van der Waals surface area contributed by atoms with Crippen molar-refractivity contribution in [2.45, 2.75) is 19.0 Å². The van der Waals surface area contributed by atoms with Gasteiger partial charge in [0.25, 0.3) is 0 Å². The first kappa shape index (κ1) is 12.7. The molecule has 1 heterocycles. The largest absolute Gasteiger partial charge is 0.497 e. The van der Waals surface area contributed by atoms with Crippen LogP contribution in [-0.2, 0) is 0 Å². The van der Waals surface area contributed by atoms with Crippen LogP contribution < -0.4 is 15.8 Å². The summed E-state index contributed by atoms with van der Waals surface area (Å²) < 4.78 is 5.19. The molecule has 0 spiro atoms. The summed E-state index contributed by atoms with van der Waals surface area (Å²) in [6, 6.07) is 7.68. The molecule has 1 aromatic rings. The van der Waals surface area contributed by atoms with Gasteiger partial charge < -0.3 is 20.7 Å². The number of urea groups is 1. The number of nitrogens with zero attached hydrogens (tertiary/aromatic N) is 1. The van der Waals surface area contributed by atoms with Gasteiger partial charge in [-0.1, -0.05) is 12.1 Å². The van der Waals surface area contributed by atoms with E-state index in [0.29, 0.717) is 13.1 Å². The second-order valence-corrected chi connectivity index (χ2v) is 4.66. The van der Waals surface area contributed by atoms with Gasteiger partial charge in [-0.2, -0.15) is 0 Å². The van der Waals surface area contributed by atoms with Crippen molar-refractivity contribution < 1.29 is 9.53 Å². The van der Waals surface area contributed by atoms with Gasteiger partial charge in [-0.15, -0.1) is 0 Å². The van der Waals surface area contributed by atoms with Crippen LogP contribution in [0.4, 0.5) is 4.79 Å². The second kappa shape index (κ2) is 5.27. The molecule has 1 aliphatic rings. The summed E-state index contributed by atoms with van der Waals surface area (Å²) in [5.41, 5.74) is 6.77. The van der Waals surface area contributed by atoms with Crippen LogP contribution in [-0.4, -0.2) is 37.2 Å². The summed E-state index contributed by atoms with van der Waals surface area (Å²) in [6.45, 7) is 3.12. The number of carbonyl (C=O) groups is 1. The zero-order chi connectivity index (χ0) is 13.1. The lowest BCUT2D eigenvalue weighted by atomic mass is 10.1. The van der Waals surface area contributed by atoms with Crippen LogP contribution in [0.25, 0.3) is 0 Å². The van der Waals surface area contributed by atoms with E-state index in [2.05, 4.69) is 5.32 Å². The Kier molecular flexibility index (Phi) is 3.72. The molecule has 0 radical (unpaired) electrons. The van der Waals surface area contributed by atoms with Gasteiger partial charge in [-0.25, -0.2) is 4.79 Å². The minimum Gasteiger partial charge on any atom is -0.497 e. The number of hydrogen-bond acceptors (Lipinski definition) is 3. The molecule has 18 heavy (non-hydrogen) atoms. The first-order chi connectivity index (χ1) is 8.60. The number of amides is 2. The van der Waals surface area contributed by atoms with Crippen molar-refractivity contribution >= 4 is 6.03 Å². The number of benzene rings is 1. The molecule has 5 heteroatoms. The molecule has 0 aromatic heterocycles. The number of methoxy groups -OCH3 is 1. The lowest BCUT2D eigenvalue weighted by Crippen LogP contribution is -2.37. The Morgan fingerprint density at radius 1 is 1.61 bits per heavy atom. The Morgan fingerprint density at radius 2 is 2.39 bits per heavy atom. The van der Waals surface area contributed by atoms with Crippen LogP contribution in [0.15, 0.2) is 24.3 Å². The van der Waals surface area contributed by atoms with Gasteiger partial charge in [-0.05, 0) is 24.6 Å². The number of nitrogens with two attached hydrogens (primary N) is 1. The lowest BCUT2D eigenvalue weighted by Gasteiger charge is -2.17. The first-order valence-electron chi connectivity index (χ1n) is 6.05. The Bertz CT molecular complexity index is 434. The smallest absolute Gasteiger partial charge is 0.318 e. The summed E-state index contributed by atoms with van der Waals surface area (Å²) in [5.74, 6) is 0.799. The Labute approximate surface area is 107 Å². The van der Waals surface area contributed by atoms with Crippen molar-refractivity contribution in [3.63, 3.8) is 0 Å². The van der Waals surface area contributed by atoms with E-state index in [-0.39, 0.29) is 18.1 Å². The van der Waals surface area contributed by atoms with E-state index >= 15 is 0 Å². The Morgan fingerprint density at radius 3 is 3.06 bits per heavy atom. The van der Waals surface area contributed by atoms with Crippen molar-refractivity contribution in [3.05, 3.63) is 29.8 Å². The van der Waals surface area contributed by atoms with E-state index in [0.717, 1.165) is 11.3 Å². The average Bonchev–Trinajstić information content (AvgIpc) is 2.70. The maximum atomic E-state index is 11.8. The maximum absolute atomic E-state index is 11.8. The van der Waals surface area contributed by atoms with E-state index in [1.807, 2.05) is 31.2 Å². The molecule has 98 valence electrons. The summed E-state index contributed by atoms with van der Waals surface area (Å²) in [5, 5.41) is 2.95. The zero-order valence-corrected chi connectivity index (χ0v) is 10.7. The van der Waals surface area contributed by atoms with Crippen molar-refractivity contribution in [1.29, 1.82) is 0 Å². The highest BCUT2D eigenvalue weighted by molar-refractivity contribution is 5.77. The van der Waals surface area contributed by atoms with Gasteiger partial charge in [0.2, 0.25) is 0 Å². The molecule has 2 atom stereocenters. The summed E-state index contributed by atoms with van der Waals surface area (Å²) in [4.78, 5) is 13.5. The molecule has 1 fully saturated rings. The summed E-state index contributed by atoms with van der Waals surface area (Å²) >= 11 is 0. The van der Waals surface area contributed by atoms with Crippen LogP contribution in [0.3, 0.4) is 0 Å². The standard InChI is InChI=1S/C13H19N3O2/c1-9(14)7-16-8-12(15-13(16)17)10-4-3-5-11(6-10)18-2/h3-6,9,12H,7-8,14H2,1-2H3,(H,15,17). The molecule has 2 rings (SSSR count). The van der Waals surface area contributed by atoms with Gasteiger partial charge in [0.05, 0.1) is 13.2 Å². The average molecular weight is 249 g/mol. The molecule has 1 aliphatic heterocycles. The number of nitrogens with one attached hydrogen (secondary N) is 1. The monoisotopic (exact) mass is 249 g/mol. The van der Waals surface area contributed by atoms with Crippen LogP contribution in [0.5, 0.6) is 5.75 Å². The highest BCUT2D eigenvalue weighted by Gasteiger charge is 2.30. The fourth-order valence-corrected chi connectivity index (χ4v) is 2.14. The number of hydrogen-bond donors (Lipinski definition) is 2. The normalized spacial score (nSPS) is 20.7. The fraction of sp³-hybridized carbons (Fsp3) is 0.462. The van der Waals surface area contributed by atoms with E-state index in [9.17, 15) is 4.79 Å². The van der Waals surface area contributed by atoms with Crippen molar-refractivity contribution in [2.75, 3.05) is 20.2 Å². The van der Waals surface area contributed by atoms with Crippen LogP contribution in [0, 0.1) is 0 Å². The topological polar surface area (TPSA) is 67.6 Å². The molecule has 1 aromatic carbocycles. The minimum atomic E-state index is -0.0554. The van der Waals surface area contributed by atoms with Crippen molar-refractivity contribution in [3.8, 4) is 5.75 Å². The molecule has 0 saturated carbocycles. The predicted molar refractivity (Wildman–Crippen MR) is 69.5 cm³/mol. The van der Waals surface area contributed by atoms with Crippen LogP contribution in [0.2, 0.25) is 0 Å². The molecular formula is C13H19N3O2. The van der Waals surface area contributed by atoms with E-state index in [1.165, 1.54) is 0 Å². The SMILES string of the molecule is COc1cccc(C2CN(CC(C)N)C(=O)N2)c1. The quantitative estimate of drug-likeness (QED) is 0.840. The van der Waals surface area contributed by atoms with Gasteiger partial charge in [0, 0.05) is 19.1 Å². The molecule has 2 unspecified atom stereocenters. The fourth-order valence-electron chi connectivity index (χ4n) is 2.14. The Hall–Kier alpha value is -1.75. The van der Waals surface area contributed by atoms with Gasteiger partial charge in [-0.3, -0.25) is 0 Å². The van der Waals surface area contributed by atoms with Crippen LogP contribution in [0.1, 0.15) is 18.5 Å². The van der Waals surface area contributed by atoms with E-state index in [1.54, 1.807) is 12.0 Å². The molecular weight excluding hydrogens is 230 g/mol. The van der Waals surface area contributed by atoms with Gasteiger partial charge in [0.1, 0.15) is 5.75 Å². The van der Waals surface area contributed by atoms with Crippen molar-refractivity contribution in [2.24, 2.45) is 5.73 Å². The molecule has 3 N–H and O–H groups in total. The maximum Gasteiger partial charge on any atom is 0.318 e. The highest BCUT2D eigenvalue weighted by Crippen LogP contribution is 2.23. The highest BCUT2D eigenvalue weighted by atomic mass is 16.5. The van der Waals surface area contributed by atoms with Gasteiger partial charge in [0.15, 0.2) is 0 Å². The second-order valence-electron chi connectivity index (χ2n) is 4.66. The summed E-state index contributed by atoms with van der Waals surface area (Å²) in [7, 11) is 1.63. The molecule has 0 bridgehead atoms. The number of carbonyl (C=O) groups excluding carboxylic acids is 1.